The fourth-order valence-corrected chi connectivity index (χ4v) is 1.13. The second-order valence-electron chi connectivity index (χ2n) is 3.92. The minimum absolute atomic E-state index is 0.136. The maximum absolute atomic E-state index is 11.3. The van der Waals surface area contributed by atoms with Gasteiger partial charge in [-0.25, -0.2) is 9.59 Å². The third-order valence-electron chi connectivity index (χ3n) is 1.93. The monoisotopic (exact) mass is 246 g/mol. The number of urea groups is 1. The number of carboxylic acids is 1. The van der Waals surface area contributed by atoms with Gasteiger partial charge in [0.2, 0.25) is 0 Å². The number of carboxylic acid groups (broad SMARTS) is 1. The number of hydrogen-bond acceptors (Lipinski definition) is 4. The molecule has 17 heavy (non-hydrogen) atoms. The molecular formula is C10H18N2O5. The molecule has 0 rings (SSSR count). The predicted molar refractivity (Wildman–Crippen MR) is 59.4 cm³/mol. The zero-order valence-corrected chi connectivity index (χ0v) is 10.1. The number of nitrogens with one attached hydrogen (secondary N) is 2. The van der Waals surface area contributed by atoms with Crippen molar-refractivity contribution < 1.29 is 24.2 Å². The van der Waals surface area contributed by atoms with E-state index in [1.54, 1.807) is 0 Å². The third kappa shape index (κ3) is 7.15. The van der Waals surface area contributed by atoms with Gasteiger partial charge in [0.15, 0.2) is 0 Å². The van der Waals surface area contributed by atoms with Crippen LogP contribution in [0, 0.1) is 5.92 Å². The van der Waals surface area contributed by atoms with E-state index in [0.717, 1.165) is 0 Å². The summed E-state index contributed by atoms with van der Waals surface area (Å²) in [6.45, 7) is 3.41. The molecule has 0 bridgehead atoms. The van der Waals surface area contributed by atoms with Crippen molar-refractivity contribution in [2.75, 3.05) is 13.7 Å². The highest BCUT2D eigenvalue weighted by Crippen LogP contribution is 2.04. The van der Waals surface area contributed by atoms with Crippen molar-refractivity contribution in [3.63, 3.8) is 0 Å². The molecule has 0 unspecified atom stereocenters. The summed E-state index contributed by atoms with van der Waals surface area (Å²) in [5.74, 6) is -1.57. The third-order valence-corrected chi connectivity index (χ3v) is 1.93. The van der Waals surface area contributed by atoms with Gasteiger partial charge in [0.05, 0.1) is 7.11 Å². The summed E-state index contributed by atoms with van der Waals surface area (Å²) in [7, 11) is 1.20. The minimum Gasteiger partial charge on any atom is -0.480 e. The predicted octanol–water partition coefficient (Wildman–Crippen LogP) is -0.0421. The molecule has 7 heteroatoms. The average Bonchev–Trinajstić information content (AvgIpc) is 2.24. The van der Waals surface area contributed by atoms with Gasteiger partial charge < -0.3 is 20.5 Å². The quantitative estimate of drug-likeness (QED) is 0.570. The van der Waals surface area contributed by atoms with E-state index in [1.165, 1.54) is 7.11 Å². The Labute approximate surface area is 99.5 Å². The number of amides is 2. The largest absolute Gasteiger partial charge is 0.480 e. The second-order valence-corrected chi connectivity index (χ2v) is 3.92. The lowest BCUT2D eigenvalue weighted by molar-refractivity contribution is -0.139. The second kappa shape index (κ2) is 7.48. The van der Waals surface area contributed by atoms with Gasteiger partial charge >= 0.3 is 18.0 Å². The number of hydrogen-bond donors (Lipinski definition) is 3. The van der Waals surface area contributed by atoms with E-state index in [0.29, 0.717) is 6.42 Å². The van der Waals surface area contributed by atoms with Gasteiger partial charge in [-0.2, -0.15) is 0 Å². The lowest BCUT2D eigenvalue weighted by atomic mass is 10.0. The molecule has 0 aliphatic carbocycles. The van der Waals surface area contributed by atoms with E-state index < -0.39 is 24.0 Å². The van der Waals surface area contributed by atoms with Gasteiger partial charge in [0, 0.05) is 0 Å². The first-order valence-corrected chi connectivity index (χ1v) is 5.20. The van der Waals surface area contributed by atoms with Crippen LogP contribution in [0.1, 0.15) is 20.3 Å². The summed E-state index contributed by atoms with van der Waals surface area (Å²) < 4.78 is 4.32. The molecule has 0 saturated carbocycles. The molecule has 0 aromatic carbocycles. The van der Waals surface area contributed by atoms with Crippen molar-refractivity contribution in [1.29, 1.82) is 0 Å². The van der Waals surface area contributed by atoms with Gasteiger partial charge in [0.25, 0.3) is 0 Å². The summed E-state index contributed by atoms with van der Waals surface area (Å²) >= 11 is 0. The van der Waals surface area contributed by atoms with Crippen LogP contribution < -0.4 is 10.6 Å². The smallest absolute Gasteiger partial charge is 0.326 e. The lowest BCUT2D eigenvalue weighted by Crippen LogP contribution is -2.47. The molecule has 0 saturated heterocycles. The van der Waals surface area contributed by atoms with E-state index in [-0.39, 0.29) is 12.5 Å². The van der Waals surface area contributed by atoms with Gasteiger partial charge in [-0.05, 0) is 12.3 Å². The maximum atomic E-state index is 11.3. The van der Waals surface area contributed by atoms with Crippen molar-refractivity contribution >= 4 is 18.0 Å². The molecule has 0 heterocycles. The number of carbonyl (C=O) groups excluding carboxylic acids is 2. The zero-order chi connectivity index (χ0) is 13.4. The minimum atomic E-state index is -1.10. The molecule has 2 amide bonds. The van der Waals surface area contributed by atoms with E-state index in [2.05, 4.69) is 15.4 Å². The van der Waals surface area contributed by atoms with Gasteiger partial charge in [-0.1, -0.05) is 13.8 Å². The van der Waals surface area contributed by atoms with Gasteiger partial charge in [0.1, 0.15) is 12.6 Å². The first kappa shape index (κ1) is 15.2. The highest BCUT2D eigenvalue weighted by molar-refractivity contribution is 5.84. The SMILES string of the molecule is COC(=O)CNC(=O)N[C@@H](CC(C)C)C(=O)O. The Kier molecular flexibility index (Phi) is 6.69. The summed E-state index contributed by atoms with van der Waals surface area (Å²) in [6, 6.07) is -1.67. The topological polar surface area (TPSA) is 105 Å². The molecule has 0 fully saturated rings. The van der Waals surface area contributed by atoms with Crippen molar-refractivity contribution in [2.24, 2.45) is 5.92 Å². The molecule has 98 valence electrons. The first-order valence-electron chi connectivity index (χ1n) is 5.20. The van der Waals surface area contributed by atoms with E-state index in [9.17, 15) is 14.4 Å². The van der Waals surface area contributed by atoms with Crippen molar-refractivity contribution in [2.45, 2.75) is 26.3 Å². The van der Waals surface area contributed by atoms with E-state index >= 15 is 0 Å². The summed E-state index contributed by atoms with van der Waals surface area (Å²) in [4.78, 5) is 32.8. The fraction of sp³-hybridized carbons (Fsp3) is 0.700. The first-order chi connectivity index (χ1) is 7.86. The van der Waals surface area contributed by atoms with Crippen LogP contribution in [0.5, 0.6) is 0 Å². The van der Waals surface area contributed by atoms with Crippen LogP contribution in [0.25, 0.3) is 0 Å². The van der Waals surface area contributed by atoms with Gasteiger partial charge in [-0.15, -0.1) is 0 Å². The molecule has 3 N–H and O–H groups in total. The number of aliphatic carboxylic acids is 1. The number of rotatable bonds is 6. The van der Waals surface area contributed by atoms with Crippen LogP contribution >= 0.6 is 0 Å². The Morgan fingerprint density at radius 3 is 2.29 bits per heavy atom. The van der Waals surface area contributed by atoms with Crippen molar-refractivity contribution in [3.8, 4) is 0 Å². The number of carbonyl (C=O) groups is 3. The molecule has 0 spiro atoms. The summed E-state index contributed by atoms with van der Waals surface area (Å²) in [6.07, 6.45) is 0.320. The Bertz CT molecular complexity index is 290. The molecule has 7 nitrogen and oxygen atoms in total. The molecule has 0 aliphatic rings. The van der Waals surface area contributed by atoms with Crippen LogP contribution in [0.4, 0.5) is 4.79 Å². The van der Waals surface area contributed by atoms with Crippen molar-refractivity contribution in [3.05, 3.63) is 0 Å². The molecule has 0 radical (unpaired) electrons. The maximum Gasteiger partial charge on any atom is 0.326 e. The van der Waals surface area contributed by atoms with E-state index in [4.69, 9.17) is 5.11 Å². The molecule has 0 aromatic rings. The zero-order valence-electron chi connectivity index (χ0n) is 10.1. The summed E-state index contributed by atoms with van der Waals surface area (Å²) in [5, 5.41) is 13.3. The van der Waals surface area contributed by atoms with Crippen LogP contribution in [-0.4, -0.2) is 42.8 Å². The number of methoxy groups -OCH3 is 1. The Hall–Kier alpha value is -1.79. The van der Waals surface area contributed by atoms with Crippen LogP contribution in [0.2, 0.25) is 0 Å². The average molecular weight is 246 g/mol. The summed E-state index contributed by atoms with van der Waals surface area (Å²) in [5.41, 5.74) is 0. The Balaban J connectivity index is 4.13. The molecular weight excluding hydrogens is 228 g/mol. The van der Waals surface area contributed by atoms with Gasteiger partial charge in [-0.3, -0.25) is 4.79 Å². The Morgan fingerprint density at radius 2 is 1.88 bits per heavy atom. The van der Waals surface area contributed by atoms with E-state index in [1.807, 2.05) is 13.8 Å². The van der Waals surface area contributed by atoms with Crippen LogP contribution in [-0.2, 0) is 14.3 Å². The van der Waals surface area contributed by atoms with Crippen LogP contribution in [0.3, 0.4) is 0 Å². The van der Waals surface area contributed by atoms with Crippen LogP contribution in [0.15, 0.2) is 0 Å². The molecule has 0 aromatic heterocycles. The van der Waals surface area contributed by atoms with Crippen molar-refractivity contribution in [1.82, 2.24) is 10.6 Å². The number of ether oxygens (including phenoxy) is 1. The normalized spacial score (nSPS) is 11.8. The highest BCUT2D eigenvalue weighted by Gasteiger charge is 2.21. The fourth-order valence-electron chi connectivity index (χ4n) is 1.13. The number of esters is 1. The molecule has 1 atom stereocenters. The standard InChI is InChI=1S/C10H18N2O5/c1-6(2)4-7(9(14)15)12-10(16)11-5-8(13)17-3/h6-7H,4-5H2,1-3H3,(H,14,15)(H2,11,12,16)/t7-/m0/s1. The Morgan fingerprint density at radius 1 is 1.29 bits per heavy atom. The lowest BCUT2D eigenvalue weighted by Gasteiger charge is -2.16. The highest BCUT2D eigenvalue weighted by atomic mass is 16.5. The molecule has 0 aliphatic heterocycles.